The lowest BCUT2D eigenvalue weighted by Crippen LogP contribution is -2.52. The number of rotatable bonds is 45. The molecule has 0 aromatic heterocycles. The van der Waals surface area contributed by atoms with Crippen molar-refractivity contribution in [2.45, 2.75) is 109 Å². The maximum atomic E-state index is 13.8. The third-order valence-corrected chi connectivity index (χ3v) is 8.78. The van der Waals surface area contributed by atoms with E-state index in [1.54, 1.807) is 20.8 Å². The summed E-state index contributed by atoms with van der Waals surface area (Å²) in [5, 5.41) is 24.0. The molecule has 68 heavy (non-hydrogen) atoms. The van der Waals surface area contributed by atoms with Crippen LogP contribution in [-0.2, 0) is 61.9 Å². The molecule has 0 rings (SSSR count). The number of nitrogens with zero attached hydrogens (tertiary/aromatic N) is 9. The molecule has 0 heterocycles. The van der Waals surface area contributed by atoms with E-state index in [9.17, 15) is 28.8 Å². The van der Waals surface area contributed by atoms with Crippen LogP contribution in [0.2, 0.25) is 0 Å². The second kappa shape index (κ2) is 44.0. The molecule has 0 fully saturated rings. The molecule has 0 unspecified atom stereocenters. The van der Waals surface area contributed by atoms with Crippen LogP contribution in [0, 0.1) is 0 Å². The highest BCUT2D eigenvalue weighted by Crippen LogP contribution is 2.13. The molecule has 27 heteroatoms. The Morgan fingerprint density at radius 3 is 1.21 bits per heavy atom. The zero-order chi connectivity index (χ0) is 50.4. The van der Waals surface area contributed by atoms with Gasteiger partial charge >= 0.3 is 5.97 Å². The molecule has 0 aliphatic heterocycles. The van der Waals surface area contributed by atoms with Crippen LogP contribution in [0.25, 0.3) is 31.3 Å². The second-order valence-corrected chi connectivity index (χ2v) is 15.6. The Balaban J connectivity index is 5.18. The first-order chi connectivity index (χ1) is 32.8. The van der Waals surface area contributed by atoms with Crippen LogP contribution in [0.4, 0.5) is 0 Å². The van der Waals surface area contributed by atoms with Gasteiger partial charge in [-0.2, -0.15) is 0 Å². The van der Waals surface area contributed by atoms with Gasteiger partial charge in [0.15, 0.2) is 0 Å². The van der Waals surface area contributed by atoms with E-state index in [2.05, 4.69) is 56.7 Å². The van der Waals surface area contributed by atoms with Crippen LogP contribution in [0.3, 0.4) is 0 Å². The van der Waals surface area contributed by atoms with Crippen molar-refractivity contribution in [1.82, 2.24) is 26.6 Å². The summed E-state index contributed by atoms with van der Waals surface area (Å²) in [4.78, 5) is 85.0. The Morgan fingerprint density at radius 1 is 0.456 bits per heavy atom. The van der Waals surface area contributed by atoms with Gasteiger partial charge in [0.1, 0.15) is 17.7 Å². The molecule has 5 N–H and O–H groups in total. The molecular formula is C41H74N14O13. The molecule has 0 aromatic carbocycles. The number of carbonyl (C=O) groups excluding carboxylic acids is 6. The quantitative estimate of drug-likeness (QED) is 0.0193. The number of esters is 1. The molecule has 0 saturated heterocycles. The lowest BCUT2D eigenvalue weighted by molar-refractivity contribution is -0.159. The van der Waals surface area contributed by atoms with Crippen molar-refractivity contribution in [2.75, 3.05) is 119 Å². The van der Waals surface area contributed by atoms with E-state index in [1.165, 1.54) is 0 Å². The lowest BCUT2D eigenvalue weighted by Gasteiger charge is -2.26. The molecule has 0 aliphatic rings. The minimum atomic E-state index is -1.05. The van der Waals surface area contributed by atoms with E-state index < -0.39 is 35.5 Å². The molecule has 5 amide bonds. The third kappa shape index (κ3) is 41.9. The van der Waals surface area contributed by atoms with Crippen LogP contribution < -0.4 is 26.6 Å². The lowest BCUT2D eigenvalue weighted by atomic mass is 10.1. The van der Waals surface area contributed by atoms with Crippen molar-refractivity contribution in [3.05, 3.63) is 31.3 Å². The second-order valence-electron chi connectivity index (χ2n) is 15.6. The predicted molar refractivity (Wildman–Crippen MR) is 246 cm³/mol. The van der Waals surface area contributed by atoms with Gasteiger partial charge in [0.05, 0.1) is 79.3 Å². The average Bonchev–Trinajstić information content (AvgIpc) is 3.29. The minimum absolute atomic E-state index is 0.00432. The Kier molecular flexibility index (Phi) is 40.5. The van der Waals surface area contributed by atoms with Gasteiger partial charge in [0.25, 0.3) is 0 Å². The van der Waals surface area contributed by atoms with E-state index in [-0.39, 0.29) is 155 Å². The summed E-state index contributed by atoms with van der Waals surface area (Å²) in [7, 11) is 0. The number of carbonyl (C=O) groups is 6. The summed E-state index contributed by atoms with van der Waals surface area (Å²) in [6, 6.07) is -2.09. The van der Waals surface area contributed by atoms with E-state index in [0.29, 0.717) is 52.0 Å². The normalized spacial score (nSPS) is 11.7. The maximum absolute atomic E-state index is 13.8. The summed E-state index contributed by atoms with van der Waals surface area (Å²) in [6.07, 6.45) is 2.86. The predicted octanol–water partition coefficient (Wildman–Crippen LogP) is 2.97. The van der Waals surface area contributed by atoms with Gasteiger partial charge in [-0.1, -0.05) is 15.3 Å². The van der Waals surface area contributed by atoms with Crippen molar-refractivity contribution in [1.29, 1.82) is 0 Å². The maximum Gasteiger partial charge on any atom is 0.329 e. The van der Waals surface area contributed by atoms with Crippen molar-refractivity contribution >= 4 is 35.5 Å². The fraction of sp³-hybridized carbons (Fsp3) is 0.854. The van der Waals surface area contributed by atoms with Gasteiger partial charge in [0.2, 0.25) is 29.5 Å². The van der Waals surface area contributed by atoms with Crippen LogP contribution in [0.1, 0.15) is 91.4 Å². The van der Waals surface area contributed by atoms with Crippen LogP contribution in [0.5, 0.6) is 0 Å². The number of nitrogens with one attached hydrogen (secondary N) is 5. The van der Waals surface area contributed by atoms with Gasteiger partial charge in [-0.3, -0.25) is 24.0 Å². The first kappa shape index (κ1) is 62.5. The Bertz CT molecular complexity index is 1570. The summed E-state index contributed by atoms with van der Waals surface area (Å²) in [6.45, 7) is 9.65. The van der Waals surface area contributed by atoms with E-state index in [0.717, 1.165) is 0 Å². The smallest absolute Gasteiger partial charge is 0.329 e. The zero-order valence-electron chi connectivity index (χ0n) is 40.0. The van der Waals surface area contributed by atoms with Crippen LogP contribution >= 0.6 is 0 Å². The number of hydrogen-bond acceptors (Lipinski definition) is 16. The van der Waals surface area contributed by atoms with Gasteiger partial charge in [0, 0.05) is 79.7 Å². The average molecular weight is 971 g/mol. The highest BCUT2D eigenvalue weighted by atomic mass is 16.6. The van der Waals surface area contributed by atoms with Crippen molar-refractivity contribution < 1.29 is 61.9 Å². The molecule has 0 bridgehead atoms. The molecule has 0 radical (unpaired) electrons. The van der Waals surface area contributed by atoms with E-state index in [1.807, 2.05) is 0 Å². The monoisotopic (exact) mass is 971 g/mol. The number of azide groups is 3. The van der Waals surface area contributed by atoms with Crippen molar-refractivity contribution in [3.63, 3.8) is 0 Å². The Labute approximate surface area is 397 Å². The number of amides is 5. The summed E-state index contributed by atoms with van der Waals surface area (Å²) < 4.78 is 37.5. The van der Waals surface area contributed by atoms with Crippen LogP contribution in [0.15, 0.2) is 15.3 Å². The SMILES string of the molecule is CC(C)(C)OC(=O)[C@H](CCCCNC(=O)CCOCCOCCN=[N+]=[N-])NC(=O)[C@H](CCCCNC(=O)CCOCCOCCN=[N+]=[N-])NC(=O)CCCNC(=O)CCOCCOCCN=[N+]=[N-]. The summed E-state index contributed by atoms with van der Waals surface area (Å²) in [5.74, 6) is -2.40. The molecular weight excluding hydrogens is 897 g/mol. The standard InChI is InChI=1S/C41H74N14O13/c1-41(2,3)68-40(61)34(10-5-7-16-46-36(57)13-22-63-28-31-66-25-19-49-54-43)52-39(60)33(9-4-6-15-45-35(56)12-21-62-27-30-65-24-18-48-53-42)51-38(59)11-8-17-47-37(58)14-23-64-29-32-67-26-20-50-55-44/h33-34H,4-32H2,1-3H3,(H,45,56)(H,46,57)(H,47,58)(H,51,59)(H,52,60)/t33-,34-/m0/s1. The molecule has 386 valence electrons. The molecule has 0 aromatic rings. The molecule has 2 atom stereocenters. The van der Waals surface area contributed by atoms with Crippen molar-refractivity contribution in [2.24, 2.45) is 15.3 Å². The molecule has 27 nitrogen and oxygen atoms in total. The van der Waals surface area contributed by atoms with Crippen molar-refractivity contribution in [3.8, 4) is 0 Å². The Hall–Kier alpha value is -5.49. The first-order valence-corrected chi connectivity index (χ1v) is 22.9. The minimum Gasteiger partial charge on any atom is -0.458 e. The zero-order valence-corrected chi connectivity index (χ0v) is 40.0. The number of ether oxygens (including phenoxy) is 7. The molecule has 0 spiro atoms. The molecule has 0 aliphatic carbocycles. The van der Waals surface area contributed by atoms with E-state index in [4.69, 9.17) is 49.8 Å². The highest BCUT2D eigenvalue weighted by molar-refractivity contribution is 5.90. The molecule has 0 saturated carbocycles. The van der Waals surface area contributed by atoms with Gasteiger partial charge < -0.3 is 59.7 Å². The van der Waals surface area contributed by atoms with Gasteiger partial charge in [-0.25, -0.2) is 4.79 Å². The number of hydrogen-bond donors (Lipinski definition) is 5. The summed E-state index contributed by atoms with van der Waals surface area (Å²) >= 11 is 0. The topological polar surface area (TPSA) is 373 Å². The Morgan fingerprint density at radius 2 is 0.824 bits per heavy atom. The fourth-order valence-corrected chi connectivity index (χ4v) is 5.48. The summed E-state index contributed by atoms with van der Waals surface area (Å²) in [5.41, 5.74) is 23.9. The van der Waals surface area contributed by atoms with Crippen LogP contribution in [-0.4, -0.2) is 172 Å². The number of unbranched alkanes of at least 4 members (excludes halogenated alkanes) is 2. The third-order valence-electron chi connectivity index (χ3n) is 8.78. The first-order valence-electron chi connectivity index (χ1n) is 22.9. The fourth-order valence-electron chi connectivity index (χ4n) is 5.48. The highest BCUT2D eigenvalue weighted by Gasteiger charge is 2.29. The van der Waals surface area contributed by atoms with Gasteiger partial charge in [-0.05, 0) is 82.3 Å². The van der Waals surface area contributed by atoms with E-state index >= 15 is 0 Å². The van der Waals surface area contributed by atoms with Gasteiger partial charge in [-0.15, -0.1) is 0 Å². The largest absolute Gasteiger partial charge is 0.458 e.